The van der Waals surface area contributed by atoms with Crippen molar-refractivity contribution < 1.29 is 23.9 Å². The number of imide groups is 2. The van der Waals surface area contributed by atoms with Crippen molar-refractivity contribution in [2.24, 2.45) is 0 Å². The van der Waals surface area contributed by atoms with Crippen LogP contribution in [0.15, 0.2) is 60.2 Å². The highest BCUT2D eigenvalue weighted by Crippen LogP contribution is 2.38. The Hall–Kier alpha value is -3.52. The maximum Gasteiger partial charge on any atom is 0.335 e. The van der Waals surface area contributed by atoms with Gasteiger partial charge in [-0.3, -0.25) is 14.9 Å². The van der Waals surface area contributed by atoms with Gasteiger partial charge in [0, 0.05) is 0 Å². The number of anilines is 1. The number of carbonyl (C=O) groups is 3. The Morgan fingerprint density at radius 1 is 0.917 bits per heavy atom. The minimum absolute atomic E-state index is 0.141. The van der Waals surface area contributed by atoms with E-state index in [1.807, 2.05) is 6.92 Å². The summed E-state index contributed by atoms with van der Waals surface area (Å²) in [5, 5.41) is 3.21. The van der Waals surface area contributed by atoms with Crippen molar-refractivity contribution in [1.82, 2.24) is 5.32 Å². The van der Waals surface area contributed by atoms with Crippen LogP contribution in [0.5, 0.6) is 11.5 Å². The van der Waals surface area contributed by atoms with Crippen LogP contribution in [0.25, 0.3) is 6.08 Å². The first-order valence-electron chi connectivity index (χ1n) is 10.6. The topological polar surface area (TPSA) is 84.9 Å². The maximum absolute atomic E-state index is 13.1. The molecular formula is C26H19Cl3N2O5. The Morgan fingerprint density at radius 2 is 1.64 bits per heavy atom. The Labute approximate surface area is 222 Å². The molecule has 1 aliphatic rings. The summed E-state index contributed by atoms with van der Waals surface area (Å²) in [5.74, 6) is -1.03. The molecule has 4 rings (SSSR count). The number of nitrogens with zero attached hydrogens (tertiary/aromatic N) is 1. The van der Waals surface area contributed by atoms with E-state index in [-0.39, 0.29) is 28.7 Å². The van der Waals surface area contributed by atoms with E-state index in [0.29, 0.717) is 21.3 Å². The lowest BCUT2D eigenvalue weighted by Gasteiger charge is -2.26. The molecule has 4 amide bonds. The van der Waals surface area contributed by atoms with E-state index in [4.69, 9.17) is 44.3 Å². The highest BCUT2D eigenvalue weighted by atomic mass is 35.5. The van der Waals surface area contributed by atoms with Crippen LogP contribution in [-0.2, 0) is 16.2 Å². The number of amides is 4. The zero-order valence-electron chi connectivity index (χ0n) is 19.1. The number of barbiturate groups is 1. The molecule has 0 spiro atoms. The average Bonchev–Trinajstić information content (AvgIpc) is 2.84. The van der Waals surface area contributed by atoms with Gasteiger partial charge in [0.2, 0.25) is 0 Å². The van der Waals surface area contributed by atoms with Gasteiger partial charge in [0.25, 0.3) is 11.8 Å². The number of aryl methyl sites for hydroxylation is 1. The van der Waals surface area contributed by atoms with Gasteiger partial charge in [0.05, 0.1) is 27.9 Å². The Bertz CT molecular complexity index is 1400. The Kier molecular flexibility index (Phi) is 7.54. The fourth-order valence-electron chi connectivity index (χ4n) is 3.50. The van der Waals surface area contributed by atoms with Gasteiger partial charge >= 0.3 is 6.03 Å². The van der Waals surface area contributed by atoms with Gasteiger partial charge in [-0.1, -0.05) is 58.6 Å². The number of hydrogen-bond donors (Lipinski definition) is 1. The Balaban J connectivity index is 1.63. The zero-order valence-corrected chi connectivity index (χ0v) is 21.4. The Morgan fingerprint density at radius 3 is 2.31 bits per heavy atom. The van der Waals surface area contributed by atoms with Gasteiger partial charge < -0.3 is 9.47 Å². The van der Waals surface area contributed by atoms with Crippen LogP contribution < -0.4 is 19.7 Å². The normalized spacial score (nSPS) is 14.8. The van der Waals surface area contributed by atoms with E-state index >= 15 is 0 Å². The van der Waals surface area contributed by atoms with E-state index in [9.17, 15) is 14.4 Å². The van der Waals surface area contributed by atoms with E-state index < -0.39 is 17.8 Å². The summed E-state index contributed by atoms with van der Waals surface area (Å²) in [6.45, 7) is 2.02. The number of benzene rings is 3. The maximum atomic E-state index is 13.1. The summed E-state index contributed by atoms with van der Waals surface area (Å²) in [6.07, 6.45) is 1.34. The molecule has 1 fully saturated rings. The molecule has 0 atom stereocenters. The van der Waals surface area contributed by atoms with Crippen LogP contribution in [-0.4, -0.2) is 25.0 Å². The monoisotopic (exact) mass is 544 g/mol. The van der Waals surface area contributed by atoms with Gasteiger partial charge in [0.15, 0.2) is 11.5 Å². The number of nitrogens with one attached hydrogen (secondary N) is 1. The van der Waals surface area contributed by atoms with E-state index in [1.54, 1.807) is 48.5 Å². The molecule has 3 aromatic rings. The predicted molar refractivity (Wildman–Crippen MR) is 139 cm³/mol. The van der Waals surface area contributed by atoms with Crippen molar-refractivity contribution in [2.75, 3.05) is 12.0 Å². The molecular weight excluding hydrogens is 527 g/mol. The van der Waals surface area contributed by atoms with Crippen LogP contribution in [0.2, 0.25) is 15.1 Å². The second kappa shape index (κ2) is 10.6. The minimum atomic E-state index is -0.826. The summed E-state index contributed by atoms with van der Waals surface area (Å²) < 4.78 is 11.3. The van der Waals surface area contributed by atoms with E-state index in [2.05, 4.69) is 5.32 Å². The lowest BCUT2D eigenvalue weighted by atomic mass is 10.1. The average molecular weight is 546 g/mol. The van der Waals surface area contributed by atoms with Crippen molar-refractivity contribution >= 4 is 64.4 Å². The van der Waals surface area contributed by atoms with Gasteiger partial charge in [-0.15, -0.1) is 0 Å². The number of urea groups is 1. The largest absolute Gasteiger partial charge is 0.493 e. The first kappa shape index (κ1) is 25.6. The van der Waals surface area contributed by atoms with Crippen LogP contribution in [0.3, 0.4) is 0 Å². The molecule has 184 valence electrons. The molecule has 1 heterocycles. The number of hydrogen-bond acceptors (Lipinski definition) is 5. The molecule has 1 saturated heterocycles. The molecule has 0 aromatic heterocycles. The number of halogens is 3. The quantitative estimate of drug-likeness (QED) is 0.294. The fraction of sp³-hybridized carbons (Fsp3) is 0.115. The molecule has 1 aliphatic heterocycles. The van der Waals surface area contributed by atoms with Crippen molar-refractivity contribution in [1.29, 1.82) is 0 Å². The summed E-state index contributed by atoms with van der Waals surface area (Å²) in [7, 11) is 1.44. The molecule has 36 heavy (non-hydrogen) atoms. The number of methoxy groups -OCH3 is 1. The third kappa shape index (κ3) is 5.33. The SMILES string of the molecule is COc1cc(/C=C2\C(=O)NC(=O)N(c3ccc(C)cc3)C2=O)cc(Cl)c1OCc1ccc(Cl)c(Cl)c1. The molecule has 7 nitrogen and oxygen atoms in total. The standard InChI is InChI=1S/C26H19Cl3N2O5/c1-14-3-6-17(7-4-14)31-25(33)18(24(32)30-26(31)34)9-16-11-21(29)23(22(12-16)35-2)36-13-15-5-8-19(27)20(28)10-15/h3-12H,13H2,1-2H3,(H,30,32,34)/b18-9+. The molecule has 0 saturated carbocycles. The summed E-state index contributed by atoms with van der Waals surface area (Å²) in [6, 6.07) is 14.1. The molecule has 0 radical (unpaired) electrons. The predicted octanol–water partition coefficient (Wildman–Crippen LogP) is 6.21. The molecule has 0 unspecified atom stereocenters. The van der Waals surface area contributed by atoms with Crippen molar-refractivity contribution in [3.63, 3.8) is 0 Å². The molecule has 0 aliphatic carbocycles. The molecule has 0 bridgehead atoms. The molecule has 1 N–H and O–H groups in total. The number of ether oxygens (including phenoxy) is 2. The van der Waals surface area contributed by atoms with Crippen LogP contribution in [0.1, 0.15) is 16.7 Å². The van der Waals surface area contributed by atoms with Crippen LogP contribution in [0, 0.1) is 6.92 Å². The van der Waals surface area contributed by atoms with E-state index in [0.717, 1.165) is 16.0 Å². The van der Waals surface area contributed by atoms with Gasteiger partial charge in [0.1, 0.15) is 12.2 Å². The van der Waals surface area contributed by atoms with Crippen molar-refractivity contribution in [3.8, 4) is 11.5 Å². The first-order chi connectivity index (χ1) is 17.2. The van der Waals surface area contributed by atoms with Gasteiger partial charge in [-0.25, -0.2) is 9.69 Å². The fourth-order valence-corrected chi connectivity index (χ4v) is 4.09. The summed E-state index contributed by atoms with van der Waals surface area (Å²) in [5.41, 5.74) is 2.22. The number of rotatable bonds is 6. The van der Waals surface area contributed by atoms with Crippen LogP contribution in [0.4, 0.5) is 10.5 Å². The van der Waals surface area contributed by atoms with Crippen LogP contribution >= 0.6 is 34.8 Å². The third-order valence-electron chi connectivity index (χ3n) is 5.32. The highest BCUT2D eigenvalue weighted by Gasteiger charge is 2.36. The third-order valence-corrected chi connectivity index (χ3v) is 6.34. The second-order valence-corrected chi connectivity index (χ2v) is 9.09. The van der Waals surface area contributed by atoms with Crippen molar-refractivity contribution in [2.45, 2.75) is 13.5 Å². The van der Waals surface area contributed by atoms with E-state index in [1.165, 1.54) is 19.3 Å². The highest BCUT2D eigenvalue weighted by molar-refractivity contribution is 6.42. The van der Waals surface area contributed by atoms with Gasteiger partial charge in [-0.05, 0) is 60.5 Å². The minimum Gasteiger partial charge on any atom is -0.493 e. The summed E-state index contributed by atoms with van der Waals surface area (Å²) >= 11 is 18.5. The smallest absolute Gasteiger partial charge is 0.335 e. The van der Waals surface area contributed by atoms with Crippen molar-refractivity contribution in [3.05, 3.63) is 91.9 Å². The summed E-state index contributed by atoms with van der Waals surface area (Å²) in [4.78, 5) is 38.9. The lowest BCUT2D eigenvalue weighted by Crippen LogP contribution is -2.54. The zero-order chi connectivity index (χ0) is 26.0. The lowest BCUT2D eigenvalue weighted by molar-refractivity contribution is -0.122. The molecule has 10 heteroatoms. The van der Waals surface area contributed by atoms with Gasteiger partial charge in [-0.2, -0.15) is 0 Å². The second-order valence-electron chi connectivity index (χ2n) is 7.86. The first-order valence-corrected chi connectivity index (χ1v) is 11.7. The molecule has 3 aromatic carbocycles. The number of carbonyl (C=O) groups excluding carboxylic acids is 3.